The molecular formula is C11H13N5O3. The molecule has 0 saturated heterocycles. The van der Waals surface area contributed by atoms with Crippen LogP contribution in [0.5, 0.6) is 0 Å². The summed E-state index contributed by atoms with van der Waals surface area (Å²) in [7, 11) is 0. The van der Waals surface area contributed by atoms with E-state index in [-0.39, 0.29) is 11.8 Å². The third-order valence-corrected chi connectivity index (χ3v) is 2.46. The zero-order chi connectivity index (χ0) is 13.8. The van der Waals surface area contributed by atoms with Crippen LogP contribution in [0.1, 0.15) is 6.92 Å². The Kier molecular flexibility index (Phi) is 3.74. The van der Waals surface area contributed by atoms with Crippen molar-refractivity contribution in [2.75, 3.05) is 16.7 Å². The average molecular weight is 263 g/mol. The standard InChI is InChI=1S/C11H13N5O3/c1-2-12-11(14-17)13-10-7-15(18)8-5-3-4-6-9(8)16(10)19/h3-7,18-19H,2H2,1H3,(H,12,13). The molecule has 1 heterocycles. The number of nitrogens with zero attached hydrogens (tertiary/aromatic N) is 4. The van der Waals surface area contributed by atoms with Gasteiger partial charge >= 0.3 is 0 Å². The highest BCUT2D eigenvalue weighted by molar-refractivity contribution is 5.84. The summed E-state index contributed by atoms with van der Waals surface area (Å²) >= 11 is 0. The van der Waals surface area contributed by atoms with Crippen LogP contribution in [0.25, 0.3) is 0 Å². The number of anilines is 2. The second kappa shape index (κ2) is 5.46. The summed E-state index contributed by atoms with van der Waals surface area (Å²) in [6, 6.07) is 6.67. The first-order chi connectivity index (χ1) is 9.17. The van der Waals surface area contributed by atoms with Crippen LogP contribution in [0, 0.1) is 4.91 Å². The van der Waals surface area contributed by atoms with Crippen LogP contribution in [0.15, 0.2) is 46.5 Å². The SMILES string of the molecule is CCN=C(N=O)NC1=CN(O)c2ccccc2N1O. The molecule has 1 aliphatic rings. The van der Waals surface area contributed by atoms with E-state index in [0.717, 1.165) is 10.1 Å². The smallest absolute Gasteiger partial charge is 0.265 e. The predicted octanol–water partition coefficient (Wildman–Crippen LogP) is 1.62. The first-order valence-electron chi connectivity index (χ1n) is 5.60. The molecule has 100 valence electrons. The van der Waals surface area contributed by atoms with Crippen LogP contribution >= 0.6 is 0 Å². The number of guanidine groups is 1. The maximum absolute atomic E-state index is 10.6. The average Bonchev–Trinajstić information content (AvgIpc) is 2.44. The molecule has 8 heteroatoms. The maximum atomic E-state index is 10.6. The number of nitrogens with one attached hydrogen (secondary N) is 1. The number of hydrogen-bond donors (Lipinski definition) is 3. The molecule has 0 spiro atoms. The van der Waals surface area contributed by atoms with Crippen LogP contribution in [0.2, 0.25) is 0 Å². The van der Waals surface area contributed by atoms with Crippen LogP contribution < -0.4 is 15.4 Å². The minimum absolute atomic E-state index is 0.0630. The summed E-state index contributed by atoms with van der Waals surface area (Å²) < 4.78 is 0. The second-order valence-corrected chi connectivity index (χ2v) is 3.67. The summed E-state index contributed by atoms with van der Waals surface area (Å²) in [5.74, 6) is -0.117. The van der Waals surface area contributed by atoms with E-state index in [1.54, 1.807) is 31.2 Å². The van der Waals surface area contributed by atoms with Gasteiger partial charge in [0.05, 0.1) is 17.6 Å². The lowest BCUT2D eigenvalue weighted by Crippen LogP contribution is -2.37. The number of hydroxylamine groups is 2. The van der Waals surface area contributed by atoms with E-state index in [1.807, 2.05) is 0 Å². The molecule has 0 saturated carbocycles. The van der Waals surface area contributed by atoms with Gasteiger partial charge in [0.2, 0.25) is 0 Å². The van der Waals surface area contributed by atoms with Crippen molar-refractivity contribution in [3.63, 3.8) is 0 Å². The van der Waals surface area contributed by atoms with Crippen molar-refractivity contribution in [2.24, 2.45) is 10.2 Å². The molecule has 0 aromatic heterocycles. The molecule has 8 nitrogen and oxygen atoms in total. The van der Waals surface area contributed by atoms with Crippen LogP contribution in [0.4, 0.5) is 11.4 Å². The van der Waals surface area contributed by atoms with Gasteiger partial charge in [0.1, 0.15) is 0 Å². The summed E-state index contributed by atoms with van der Waals surface area (Å²) in [6.07, 6.45) is 1.21. The first kappa shape index (κ1) is 13.0. The van der Waals surface area contributed by atoms with Gasteiger partial charge < -0.3 is 5.32 Å². The number of rotatable bonds is 2. The minimum atomic E-state index is -0.180. The van der Waals surface area contributed by atoms with Crippen molar-refractivity contribution < 1.29 is 10.4 Å². The van der Waals surface area contributed by atoms with E-state index in [0.29, 0.717) is 17.9 Å². The molecule has 19 heavy (non-hydrogen) atoms. The number of hydrogen-bond acceptors (Lipinski definition) is 6. The largest absolute Gasteiger partial charge is 0.305 e. The summed E-state index contributed by atoms with van der Waals surface area (Å²) in [6.45, 7) is 2.11. The molecule has 0 unspecified atom stereocenters. The molecule has 2 rings (SSSR count). The topological polar surface area (TPSA) is 101 Å². The molecule has 0 radical (unpaired) electrons. The van der Waals surface area contributed by atoms with Crippen LogP contribution in [0.3, 0.4) is 0 Å². The Morgan fingerprint density at radius 2 is 2.00 bits per heavy atom. The summed E-state index contributed by atoms with van der Waals surface area (Å²) in [4.78, 5) is 14.4. The number of nitroso groups, excluding NO2 is 1. The van der Waals surface area contributed by atoms with Gasteiger partial charge in [-0.05, 0) is 19.1 Å². The fourth-order valence-corrected chi connectivity index (χ4v) is 1.65. The Hall–Kier alpha value is -2.45. The van der Waals surface area contributed by atoms with Crippen molar-refractivity contribution in [1.29, 1.82) is 0 Å². The van der Waals surface area contributed by atoms with Crippen molar-refractivity contribution in [3.05, 3.63) is 41.2 Å². The summed E-state index contributed by atoms with van der Waals surface area (Å²) in [5.41, 5.74) is 0.764. The highest BCUT2D eigenvalue weighted by Gasteiger charge is 2.23. The molecule has 0 fully saturated rings. The first-order valence-corrected chi connectivity index (χ1v) is 5.60. The fourth-order valence-electron chi connectivity index (χ4n) is 1.65. The molecule has 0 atom stereocenters. The Labute approximate surface area is 109 Å². The van der Waals surface area contributed by atoms with Gasteiger partial charge in [0.25, 0.3) is 5.96 Å². The van der Waals surface area contributed by atoms with E-state index in [1.165, 1.54) is 6.20 Å². The van der Waals surface area contributed by atoms with Crippen LogP contribution in [-0.2, 0) is 0 Å². The van der Waals surface area contributed by atoms with Crippen molar-refractivity contribution in [2.45, 2.75) is 6.92 Å². The lowest BCUT2D eigenvalue weighted by molar-refractivity contribution is 0.253. The van der Waals surface area contributed by atoms with Gasteiger partial charge in [-0.1, -0.05) is 12.1 Å². The quantitative estimate of drug-likeness (QED) is 0.426. The molecule has 1 aliphatic heterocycles. The van der Waals surface area contributed by atoms with Gasteiger partial charge in [0, 0.05) is 11.7 Å². The summed E-state index contributed by atoms with van der Waals surface area (Å²) in [5, 5.41) is 26.7. The predicted molar refractivity (Wildman–Crippen MR) is 70.0 cm³/mol. The number of fused-ring (bicyclic) bond motifs is 1. The molecule has 0 amide bonds. The maximum Gasteiger partial charge on any atom is 0.265 e. The second-order valence-electron chi connectivity index (χ2n) is 3.67. The van der Waals surface area contributed by atoms with Crippen molar-refractivity contribution in [1.82, 2.24) is 5.32 Å². The molecule has 3 N–H and O–H groups in total. The molecule has 1 aromatic carbocycles. The third kappa shape index (κ3) is 2.54. The Bertz CT molecular complexity index is 543. The Morgan fingerprint density at radius 3 is 2.63 bits per heavy atom. The van der Waals surface area contributed by atoms with E-state index in [2.05, 4.69) is 15.5 Å². The van der Waals surface area contributed by atoms with Crippen LogP contribution in [-0.4, -0.2) is 22.9 Å². The number of benzene rings is 1. The number of para-hydroxylation sites is 2. The monoisotopic (exact) mass is 263 g/mol. The molecule has 1 aromatic rings. The minimum Gasteiger partial charge on any atom is -0.305 e. The van der Waals surface area contributed by atoms with E-state index >= 15 is 0 Å². The van der Waals surface area contributed by atoms with Crippen molar-refractivity contribution in [3.8, 4) is 0 Å². The Balaban J connectivity index is 2.29. The van der Waals surface area contributed by atoms with E-state index < -0.39 is 0 Å². The highest BCUT2D eigenvalue weighted by Crippen LogP contribution is 2.33. The van der Waals surface area contributed by atoms with Gasteiger partial charge in [-0.15, -0.1) is 4.91 Å². The normalized spacial score (nSPS) is 14.9. The van der Waals surface area contributed by atoms with Gasteiger partial charge in [-0.25, -0.2) is 15.1 Å². The van der Waals surface area contributed by atoms with Crippen molar-refractivity contribution >= 4 is 17.3 Å². The van der Waals surface area contributed by atoms with E-state index in [4.69, 9.17) is 0 Å². The lowest BCUT2D eigenvalue weighted by atomic mass is 10.2. The molecule has 0 aliphatic carbocycles. The highest BCUT2D eigenvalue weighted by atomic mass is 16.5. The molecular weight excluding hydrogens is 250 g/mol. The third-order valence-electron chi connectivity index (χ3n) is 2.46. The lowest BCUT2D eigenvalue weighted by Gasteiger charge is -2.30. The Morgan fingerprint density at radius 1 is 1.32 bits per heavy atom. The van der Waals surface area contributed by atoms with Gasteiger partial charge in [-0.2, -0.15) is 0 Å². The van der Waals surface area contributed by atoms with Gasteiger partial charge in [-0.3, -0.25) is 10.4 Å². The number of aliphatic imine (C=N–C) groups is 1. The molecule has 0 bridgehead atoms. The van der Waals surface area contributed by atoms with Gasteiger partial charge in [0.15, 0.2) is 5.82 Å². The zero-order valence-corrected chi connectivity index (χ0v) is 10.2. The van der Waals surface area contributed by atoms with E-state index in [9.17, 15) is 15.3 Å². The zero-order valence-electron chi connectivity index (χ0n) is 10.2. The fraction of sp³-hybridized carbons (Fsp3) is 0.182.